The third-order valence-corrected chi connectivity index (χ3v) is 5.56. The topological polar surface area (TPSA) is 32.3 Å². The number of rotatable bonds is 4. The molecule has 0 unspecified atom stereocenters. The van der Waals surface area contributed by atoms with Crippen LogP contribution in [0.3, 0.4) is 0 Å². The molecule has 0 bridgehead atoms. The Kier molecular flexibility index (Phi) is 5.37. The van der Waals surface area contributed by atoms with Crippen molar-refractivity contribution in [1.29, 1.82) is 0 Å². The average Bonchev–Trinajstić information content (AvgIpc) is 2.55. The Morgan fingerprint density at radius 1 is 1.17 bits per heavy atom. The Balaban J connectivity index is 1.63. The van der Waals surface area contributed by atoms with Crippen LogP contribution in [0.2, 0.25) is 0 Å². The van der Waals surface area contributed by atoms with Crippen molar-refractivity contribution in [1.82, 2.24) is 4.90 Å². The van der Waals surface area contributed by atoms with E-state index >= 15 is 0 Å². The highest BCUT2D eigenvalue weighted by atomic mass is 16.2. The second-order valence-corrected chi connectivity index (χ2v) is 7.51. The van der Waals surface area contributed by atoms with Crippen molar-refractivity contribution in [2.45, 2.75) is 64.3 Å². The summed E-state index contributed by atoms with van der Waals surface area (Å²) in [6.45, 7) is 5.97. The summed E-state index contributed by atoms with van der Waals surface area (Å²) in [5.74, 6) is 1.39. The molecule has 126 valence electrons. The van der Waals surface area contributed by atoms with E-state index < -0.39 is 0 Å². The summed E-state index contributed by atoms with van der Waals surface area (Å²) < 4.78 is 0. The molecule has 1 aromatic rings. The van der Waals surface area contributed by atoms with Gasteiger partial charge in [0.05, 0.1) is 6.54 Å². The predicted molar refractivity (Wildman–Crippen MR) is 95.7 cm³/mol. The SMILES string of the molecule is CC(C)c1ccccc1NC(=O)CN1CCC[C@@H]2CCCC[C@@H]21. The number of nitrogens with zero attached hydrogens (tertiary/aromatic N) is 1. The van der Waals surface area contributed by atoms with Crippen molar-refractivity contribution in [3.63, 3.8) is 0 Å². The van der Waals surface area contributed by atoms with E-state index in [0.717, 1.165) is 18.2 Å². The van der Waals surface area contributed by atoms with Crippen LogP contribution in [-0.4, -0.2) is 29.9 Å². The van der Waals surface area contributed by atoms with E-state index in [1.165, 1.54) is 44.1 Å². The maximum absolute atomic E-state index is 12.6. The van der Waals surface area contributed by atoms with Crippen LogP contribution in [0.25, 0.3) is 0 Å². The van der Waals surface area contributed by atoms with E-state index in [2.05, 4.69) is 30.1 Å². The molecule has 3 rings (SSSR count). The zero-order valence-corrected chi connectivity index (χ0v) is 14.6. The molecule has 1 saturated heterocycles. The van der Waals surface area contributed by atoms with Crippen molar-refractivity contribution < 1.29 is 4.79 Å². The quantitative estimate of drug-likeness (QED) is 0.893. The molecule has 1 heterocycles. The van der Waals surface area contributed by atoms with Gasteiger partial charge in [-0.15, -0.1) is 0 Å². The molecule has 1 amide bonds. The average molecular weight is 314 g/mol. The van der Waals surface area contributed by atoms with Gasteiger partial charge in [0, 0.05) is 11.7 Å². The summed E-state index contributed by atoms with van der Waals surface area (Å²) in [7, 11) is 0. The van der Waals surface area contributed by atoms with Crippen molar-refractivity contribution in [2.75, 3.05) is 18.4 Å². The first-order valence-electron chi connectivity index (χ1n) is 9.28. The zero-order chi connectivity index (χ0) is 16.2. The Labute approximate surface area is 140 Å². The minimum atomic E-state index is 0.143. The van der Waals surface area contributed by atoms with E-state index in [1.54, 1.807) is 0 Å². The summed E-state index contributed by atoms with van der Waals surface area (Å²) in [4.78, 5) is 15.0. The van der Waals surface area contributed by atoms with Crippen molar-refractivity contribution in [2.24, 2.45) is 5.92 Å². The Morgan fingerprint density at radius 3 is 2.74 bits per heavy atom. The Bertz CT molecular complexity index is 538. The lowest BCUT2D eigenvalue weighted by molar-refractivity contribution is -0.118. The fourth-order valence-electron chi connectivity index (χ4n) is 4.41. The number of piperidine rings is 1. The predicted octanol–water partition coefficient (Wildman–Crippen LogP) is 4.40. The second kappa shape index (κ2) is 7.48. The molecule has 0 radical (unpaired) electrons. The van der Waals surface area contributed by atoms with Crippen LogP contribution >= 0.6 is 0 Å². The van der Waals surface area contributed by atoms with Gasteiger partial charge in [-0.1, -0.05) is 44.9 Å². The molecule has 2 fully saturated rings. The number of hydrogen-bond donors (Lipinski definition) is 1. The van der Waals surface area contributed by atoms with Gasteiger partial charge >= 0.3 is 0 Å². The van der Waals surface area contributed by atoms with Crippen LogP contribution in [-0.2, 0) is 4.79 Å². The number of fused-ring (bicyclic) bond motifs is 1. The summed E-state index contributed by atoms with van der Waals surface area (Å²) in [5.41, 5.74) is 2.19. The summed E-state index contributed by atoms with van der Waals surface area (Å²) in [6.07, 6.45) is 7.95. The van der Waals surface area contributed by atoms with Crippen LogP contribution in [0.4, 0.5) is 5.69 Å². The molecule has 1 aliphatic carbocycles. The number of anilines is 1. The normalized spacial score (nSPS) is 25.2. The van der Waals surface area contributed by atoms with E-state index in [-0.39, 0.29) is 5.91 Å². The van der Waals surface area contributed by atoms with Gasteiger partial charge in [0.1, 0.15) is 0 Å². The standard InChI is InChI=1S/C20H30N2O/c1-15(2)17-10-4-5-11-18(17)21-20(23)14-22-13-7-9-16-8-3-6-12-19(16)22/h4-5,10-11,15-16,19H,3,6-9,12-14H2,1-2H3,(H,21,23)/t16-,19-/m0/s1. The molecule has 3 nitrogen and oxygen atoms in total. The van der Waals surface area contributed by atoms with E-state index in [4.69, 9.17) is 0 Å². The third kappa shape index (κ3) is 3.95. The first-order valence-corrected chi connectivity index (χ1v) is 9.28. The lowest BCUT2D eigenvalue weighted by Crippen LogP contribution is -2.49. The summed E-state index contributed by atoms with van der Waals surface area (Å²) in [6, 6.07) is 8.82. The minimum absolute atomic E-state index is 0.143. The number of nitrogens with one attached hydrogen (secondary N) is 1. The molecule has 1 aromatic carbocycles. The minimum Gasteiger partial charge on any atom is -0.325 e. The molecule has 3 heteroatoms. The number of carbonyl (C=O) groups is 1. The number of hydrogen-bond acceptors (Lipinski definition) is 2. The van der Waals surface area contributed by atoms with Crippen LogP contribution in [0.5, 0.6) is 0 Å². The lowest BCUT2D eigenvalue weighted by Gasteiger charge is -2.43. The molecule has 1 aliphatic heterocycles. The number of amides is 1. The fourth-order valence-corrected chi connectivity index (χ4v) is 4.41. The highest BCUT2D eigenvalue weighted by Gasteiger charge is 2.33. The van der Waals surface area contributed by atoms with Crippen molar-refractivity contribution in [3.8, 4) is 0 Å². The number of carbonyl (C=O) groups excluding carboxylic acids is 1. The highest BCUT2D eigenvalue weighted by Crippen LogP contribution is 2.35. The van der Waals surface area contributed by atoms with Gasteiger partial charge in [0.15, 0.2) is 0 Å². The van der Waals surface area contributed by atoms with Crippen LogP contribution in [0, 0.1) is 5.92 Å². The molecule has 2 atom stereocenters. The fraction of sp³-hybridized carbons (Fsp3) is 0.650. The largest absolute Gasteiger partial charge is 0.325 e. The van der Waals surface area contributed by atoms with Gasteiger partial charge in [0.2, 0.25) is 5.91 Å². The maximum atomic E-state index is 12.6. The smallest absolute Gasteiger partial charge is 0.238 e. The Hall–Kier alpha value is -1.35. The van der Waals surface area contributed by atoms with E-state index in [9.17, 15) is 4.79 Å². The number of benzene rings is 1. The van der Waals surface area contributed by atoms with Crippen LogP contribution in [0.1, 0.15) is 63.9 Å². The molecule has 2 aliphatic rings. The molecule has 1 saturated carbocycles. The first-order chi connectivity index (χ1) is 11.1. The van der Waals surface area contributed by atoms with Crippen molar-refractivity contribution in [3.05, 3.63) is 29.8 Å². The highest BCUT2D eigenvalue weighted by molar-refractivity contribution is 5.93. The van der Waals surface area contributed by atoms with Gasteiger partial charge in [0.25, 0.3) is 0 Å². The van der Waals surface area contributed by atoms with E-state index in [1.807, 2.05) is 18.2 Å². The van der Waals surface area contributed by atoms with Crippen molar-refractivity contribution >= 4 is 11.6 Å². The van der Waals surface area contributed by atoms with Gasteiger partial charge < -0.3 is 5.32 Å². The summed E-state index contributed by atoms with van der Waals surface area (Å²) >= 11 is 0. The molecular formula is C20H30N2O. The summed E-state index contributed by atoms with van der Waals surface area (Å²) in [5, 5.41) is 3.15. The molecule has 0 spiro atoms. The van der Waals surface area contributed by atoms with E-state index in [0.29, 0.717) is 18.5 Å². The Morgan fingerprint density at radius 2 is 1.91 bits per heavy atom. The van der Waals surface area contributed by atoms with Gasteiger partial charge in [-0.2, -0.15) is 0 Å². The lowest BCUT2D eigenvalue weighted by atomic mass is 9.78. The number of para-hydroxylation sites is 1. The first kappa shape index (κ1) is 16.5. The molecular weight excluding hydrogens is 284 g/mol. The van der Waals surface area contributed by atoms with Gasteiger partial charge in [-0.05, 0) is 55.7 Å². The monoisotopic (exact) mass is 314 g/mol. The van der Waals surface area contributed by atoms with Gasteiger partial charge in [-0.3, -0.25) is 9.69 Å². The van der Waals surface area contributed by atoms with Crippen LogP contribution in [0.15, 0.2) is 24.3 Å². The maximum Gasteiger partial charge on any atom is 0.238 e. The molecule has 1 N–H and O–H groups in total. The number of likely N-dealkylation sites (tertiary alicyclic amines) is 1. The third-order valence-electron chi connectivity index (χ3n) is 5.56. The molecule has 23 heavy (non-hydrogen) atoms. The zero-order valence-electron chi connectivity index (χ0n) is 14.6. The molecule has 0 aromatic heterocycles. The second-order valence-electron chi connectivity index (χ2n) is 7.51. The van der Waals surface area contributed by atoms with Gasteiger partial charge in [-0.25, -0.2) is 0 Å². The van der Waals surface area contributed by atoms with Crippen LogP contribution < -0.4 is 5.32 Å².